The van der Waals surface area contributed by atoms with E-state index in [0.29, 0.717) is 25.6 Å². The van der Waals surface area contributed by atoms with Crippen LogP contribution in [0.4, 0.5) is 0 Å². The van der Waals surface area contributed by atoms with Gasteiger partial charge in [-0.3, -0.25) is 9.05 Å². The highest BCUT2D eigenvalue weighted by Gasteiger charge is 2.29. The van der Waals surface area contributed by atoms with Gasteiger partial charge in [0.25, 0.3) is 0 Å². The first kappa shape index (κ1) is 26.8. The Morgan fingerprint density at radius 3 is 2.25 bits per heavy atom. The highest BCUT2D eigenvalue weighted by atomic mass is 31.2. The van der Waals surface area contributed by atoms with Crippen LogP contribution in [0.1, 0.15) is 52.4 Å². The van der Waals surface area contributed by atoms with Crippen molar-refractivity contribution >= 4 is 18.6 Å². The van der Waals surface area contributed by atoms with Crippen LogP contribution in [0.25, 0.3) is 10.8 Å². The fourth-order valence-corrected chi connectivity index (χ4v) is 4.05. The number of hydrogen-bond acceptors (Lipinski definition) is 7. The first-order chi connectivity index (χ1) is 15.7. The van der Waals surface area contributed by atoms with Crippen molar-refractivity contribution in [3.63, 3.8) is 0 Å². The number of benzene rings is 2. The molecule has 0 aliphatic rings. The lowest BCUT2D eigenvalue weighted by atomic mass is 10.1. The molecule has 0 N–H and O–H groups in total. The third kappa shape index (κ3) is 10.4. The zero-order chi connectivity index (χ0) is 22.9. The second-order valence-corrected chi connectivity index (χ2v) is 8.89. The summed E-state index contributed by atoms with van der Waals surface area (Å²) in [5, 5.41) is 1.83. The summed E-state index contributed by atoms with van der Waals surface area (Å²) < 4.78 is 39.9. The molecule has 0 spiro atoms. The predicted molar refractivity (Wildman–Crippen MR) is 126 cm³/mol. The minimum absolute atomic E-state index is 0.0544. The van der Waals surface area contributed by atoms with Crippen LogP contribution in [0.5, 0.6) is 5.75 Å². The minimum Gasteiger partial charge on any atom is -0.379 e. The lowest BCUT2D eigenvalue weighted by Crippen LogP contribution is -2.11. The fraction of sp³-hybridized carbons (Fsp3) is 0.583. The number of unbranched alkanes of at least 4 members (excludes halogenated alkanes) is 5. The second kappa shape index (κ2) is 16.2. The molecule has 0 radical (unpaired) electrons. The summed E-state index contributed by atoms with van der Waals surface area (Å²) in [6.07, 6.45) is 6.54. The molecule has 180 valence electrons. The van der Waals surface area contributed by atoms with Gasteiger partial charge in [0.05, 0.1) is 33.0 Å². The van der Waals surface area contributed by atoms with Gasteiger partial charge >= 0.3 is 7.82 Å². The Hall–Kier alpha value is -1.47. The van der Waals surface area contributed by atoms with Gasteiger partial charge in [0.1, 0.15) is 0 Å². The molecular formula is C24H37O7P. The van der Waals surface area contributed by atoms with E-state index in [-0.39, 0.29) is 19.8 Å². The summed E-state index contributed by atoms with van der Waals surface area (Å²) in [7, 11) is -3.92. The van der Waals surface area contributed by atoms with Crippen molar-refractivity contribution in [1.82, 2.24) is 0 Å². The normalized spacial score (nSPS) is 13.3. The van der Waals surface area contributed by atoms with Crippen LogP contribution in [-0.4, -0.2) is 39.6 Å². The number of fused-ring (bicyclic) bond motifs is 1. The van der Waals surface area contributed by atoms with Gasteiger partial charge in [0.15, 0.2) is 5.75 Å². The molecule has 2 aromatic carbocycles. The van der Waals surface area contributed by atoms with Crippen molar-refractivity contribution in [3.05, 3.63) is 42.5 Å². The van der Waals surface area contributed by atoms with Crippen LogP contribution >= 0.6 is 7.82 Å². The van der Waals surface area contributed by atoms with E-state index in [1.807, 2.05) is 43.3 Å². The molecule has 1 atom stereocenters. The zero-order valence-corrected chi connectivity index (χ0v) is 20.2. The van der Waals surface area contributed by atoms with Crippen LogP contribution in [-0.2, 0) is 27.8 Å². The Morgan fingerprint density at radius 1 is 0.719 bits per heavy atom. The third-order valence-corrected chi connectivity index (χ3v) is 6.02. The Kier molecular flexibility index (Phi) is 13.5. The number of rotatable bonds is 19. The van der Waals surface area contributed by atoms with Crippen LogP contribution < -0.4 is 4.89 Å². The molecule has 2 rings (SSSR count). The van der Waals surface area contributed by atoms with Gasteiger partial charge in [0.2, 0.25) is 0 Å². The molecule has 7 nitrogen and oxygen atoms in total. The Balaban J connectivity index is 1.86. The molecule has 32 heavy (non-hydrogen) atoms. The molecule has 0 saturated carbocycles. The molecule has 8 heteroatoms. The second-order valence-electron chi connectivity index (χ2n) is 7.33. The smallest absolute Gasteiger partial charge is 0.379 e. The van der Waals surface area contributed by atoms with Crippen molar-refractivity contribution in [1.29, 1.82) is 0 Å². The number of ether oxygens (including phenoxy) is 2. The Morgan fingerprint density at radius 2 is 1.41 bits per heavy atom. The standard InChI is InChI=1S/C24H37O7P/c1-3-5-6-7-8-11-17-28-32(25,29-21-20-27-19-18-26-4-2)31-30-24-16-12-14-22-13-9-10-15-23(22)24/h9-10,12-16H,3-8,11,17-21H2,1-2H3. The summed E-state index contributed by atoms with van der Waals surface area (Å²) in [4.78, 5) is 5.43. The van der Waals surface area contributed by atoms with Crippen molar-refractivity contribution in [2.45, 2.75) is 52.4 Å². The highest BCUT2D eigenvalue weighted by molar-refractivity contribution is 7.48. The SMILES string of the molecule is CCCCCCCCOP(=O)(OCCOCCOCC)OOc1cccc2ccccc12. The van der Waals surface area contributed by atoms with E-state index in [4.69, 9.17) is 28.1 Å². The molecular weight excluding hydrogens is 431 g/mol. The largest absolute Gasteiger partial charge is 0.511 e. The maximum atomic E-state index is 13.1. The summed E-state index contributed by atoms with van der Waals surface area (Å²) in [5.74, 6) is 0.447. The lowest BCUT2D eigenvalue weighted by molar-refractivity contribution is -0.132. The molecule has 0 saturated heterocycles. The topological polar surface area (TPSA) is 72.5 Å². The van der Waals surface area contributed by atoms with E-state index in [1.54, 1.807) is 6.07 Å². The molecule has 2 aromatic rings. The van der Waals surface area contributed by atoms with Crippen molar-refractivity contribution in [3.8, 4) is 5.75 Å². The van der Waals surface area contributed by atoms with Crippen molar-refractivity contribution in [2.24, 2.45) is 0 Å². The van der Waals surface area contributed by atoms with Gasteiger partial charge in [-0.15, -0.1) is 0 Å². The van der Waals surface area contributed by atoms with E-state index >= 15 is 0 Å². The molecule has 0 aromatic heterocycles. The van der Waals surface area contributed by atoms with E-state index in [1.165, 1.54) is 19.3 Å². The number of phosphoric acid groups is 1. The molecule has 0 heterocycles. The molecule has 0 amide bonds. The molecule has 0 aliphatic carbocycles. The monoisotopic (exact) mass is 468 g/mol. The lowest BCUT2D eigenvalue weighted by Gasteiger charge is -2.17. The maximum absolute atomic E-state index is 13.1. The minimum atomic E-state index is -3.92. The van der Waals surface area contributed by atoms with Gasteiger partial charge in [0, 0.05) is 12.0 Å². The van der Waals surface area contributed by atoms with Crippen LogP contribution in [0.15, 0.2) is 42.5 Å². The van der Waals surface area contributed by atoms with Crippen molar-refractivity contribution in [2.75, 3.05) is 39.6 Å². The Bertz CT molecular complexity index is 772. The average molecular weight is 469 g/mol. The van der Waals surface area contributed by atoms with Gasteiger partial charge in [-0.05, 0) is 24.8 Å². The van der Waals surface area contributed by atoms with Crippen LogP contribution in [0.3, 0.4) is 0 Å². The maximum Gasteiger partial charge on any atom is 0.511 e. The molecule has 0 fully saturated rings. The zero-order valence-electron chi connectivity index (χ0n) is 19.3. The van der Waals surface area contributed by atoms with Gasteiger partial charge in [-0.25, -0.2) is 4.57 Å². The fourth-order valence-electron chi connectivity index (χ4n) is 3.07. The van der Waals surface area contributed by atoms with E-state index in [9.17, 15) is 4.57 Å². The number of hydrogen-bond donors (Lipinski definition) is 0. The van der Waals surface area contributed by atoms with Gasteiger partial charge < -0.3 is 14.4 Å². The van der Waals surface area contributed by atoms with Crippen molar-refractivity contribution < 1.29 is 32.6 Å². The summed E-state index contributed by atoms with van der Waals surface area (Å²) in [6, 6.07) is 13.3. The predicted octanol–water partition coefficient (Wildman–Crippen LogP) is 6.71. The van der Waals surface area contributed by atoms with E-state index < -0.39 is 7.82 Å². The van der Waals surface area contributed by atoms with Crippen LogP contribution in [0, 0.1) is 0 Å². The first-order valence-electron chi connectivity index (χ1n) is 11.6. The van der Waals surface area contributed by atoms with Crippen LogP contribution in [0.2, 0.25) is 0 Å². The molecule has 0 bridgehead atoms. The summed E-state index contributed by atoms with van der Waals surface area (Å²) in [5.41, 5.74) is 0. The first-order valence-corrected chi connectivity index (χ1v) is 13.0. The van der Waals surface area contributed by atoms with E-state index in [2.05, 4.69) is 6.92 Å². The highest BCUT2D eigenvalue weighted by Crippen LogP contribution is 2.50. The average Bonchev–Trinajstić information content (AvgIpc) is 2.82. The molecule has 1 unspecified atom stereocenters. The van der Waals surface area contributed by atoms with E-state index in [0.717, 1.165) is 30.0 Å². The molecule has 0 aliphatic heterocycles. The summed E-state index contributed by atoms with van der Waals surface area (Å²) >= 11 is 0. The Labute approximate surface area is 191 Å². The quantitative estimate of drug-likeness (QED) is 0.0982. The summed E-state index contributed by atoms with van der Waals surface area (Å²) in [6.45, 7) is 6.26. The van der Waals surface area contributed by atoms with Gasteiger partial charge in [-0.1, -0.05) is 80.1 Å². The number of phosphoric ester groups is 1. The third-order valence-electron chi connectivity index (χ3n) is 4.77. The van der Waals surface area contributed by atoms with Gasteiger partial charge in [-0.2, -0.15) is 0 Å².